The van der Waals surface area contributed by atoms with E-state index in [0.29, 0.717) is 0 Å². The molecule has 0 atom stereocenters. The molecule has 0 saturated carbocycles. The maximum absolute atomic E-state index is 11.5. The van der Waals surface area contributed by atoms with E-state index in [2.05, 4.69) is 15.0 Å². The number of H-pyrrole nitrogens is 2. The van der Waals surface area contributed by atoms with Gasteiger partial charge < -0.3 is 10.1 Å². The van der Waals surface area contributed by atoms with Crippen LogP contribution in [0, 0.1) is 0 Å². The van der Waals surface area contributed by atoms with Crippen molar-refractivity contribution in [3.05, 3.63) is 26.7 Å². The molecule has 0 fully saturated rings. The Morgan fingerprint density at radius 1 is 1.31 bits per heavy atom. The number of aliphatic hydroxyl groups is 1. The topological polar surface area (TPSA) is 104 Å². The first-order valence-electron chi connectivity index (χ1n) is 4.72. The van der Waals surface area contributed by atoms with Crippen molar-refractivity contribution >= 4 is 11.2 Å². The van der Waals surface area contributed by atoms with Gasteiger partial charge in [-0.1, -0.05) is 0 Å². The van der Waals surface area contributed by atoms with Crippen LogP contribution >= 0.6 is 0 Å². The fourth-order valence-corrected chi connectivity index (χ4v) is 1.39. The van der Waals surface area contributed by atoms with Crippen LogP contribution in [0.15, 0.2) is 9.59 Å². The summed E-state index contributed by atoms with van der Waals surface area (Å²) < 4.78 is 1.21. The molecule has 86 valence electrons. The maximum Gasteiger partial charge on any atom is 0.329 e. The Balaban J connectivity index is 2.91. The predicted octanol–water partition coefficient (Wildman–Crippen LogP) is -0.823. The van der Waals surface area contributed by atoms with Crippen LogP contribution in [0.3, 0.4) is 0 Å². The van der Waals surface area contributed by atoms with Crippen molar-refractivity contribution in [2.75, 3.05) is 0 Å². The van der Waals surface area contributed by atoms with Crippen molar-refractivity contribution in [3.8, 4) is 0 Å². The molecule has 0 saturated heterocycles. The highest BCUT2D eigenvalue weighted by atomic mass is 16.3. The van der Waals surface area contributed by atoms with Gasteiger partial charge in [-0.05, 0) is 13.8 Å². The standard InChI is InChI=1S/C9H12N4O3/c1-9(2,16)7-10-4-5(11-7)13(3)8(15)12-6(4)14/h16H,1-3H3,(H,10,11)(H,12,14,15). The SMILES string of the molecule is Cn1c(=O)[nH]c(=O)c2[nH]c(C(C)(C)O)nc21. The molecule has 2 aromatic heterocycles. The average Bonchev–Trinajstić information content (AvgIpc) is 2.58. The second kappa shape index (κ2) is 3.05. The summed E-state index contributed by atoms with van der Waals surface area (Å²) in [6, 6.07) is 0. The summed E-state index contributed by atoms with van der Waals surface area (Å²) >= 11 is 0. The molecular weight excluding hydrogens is 212 g/mol. The van der Waals surface area contributed by atoms with Gasteiger partial charge in [-0.15, -0.1) is 0 Å². The van der Waals surface area contributed by atoms with Crippen LogP contribution < -0.4 is 11.2 Å². The number of hydrogen-bond acceptors (Lipinski definition) is 4. The number of rotatable bonds is 1. The van der Waals surface area contributed by atoms with E-state index < -0.39 is 16.9 Å². The number of hydrogen-bond donors (Lipinski definition) is 3. The van der Waals surface area contributed by atoms with Gasteiger partial charge in [0, 0.05) is 7.05 Å². The minimum absolute atomic E-state index is 0.180. The Kier molecular flexibility index (Phi) is 2.02. The van der Waals surface area contributed by atoms with Crippen LogP contribution in [0.2, 0.25) is 0 Å². The second-order valence-corrected chi connectivity index (χ2v) is 4.16. The smallest absolute Gasteiger partial charge is 0.329 e. The Bertz CT molecular complexity index is 656. The van der Waals surface area contributed by atoms with Gasteiger partial charge >= 0.3 is 5.69 Å². The highest BCUT2D eigenvalue weighted by Crippen LogP contribution is 2.17. The lowest BCUT2D eigenvalue weighted by Gasteiger charge is -2.12. The second-order valence-electron chi connectivity index (χ2n) is 4.16. The molecule has 0 amide bonds. The molecule has 0 bridgehead atoms. The van der Waals surface area contributed by atoms with E-state index in [4.69, 9.17) is 0 Å². The lowest BCUT2D eigenvalue weighted by atomic mass is 10.1. The fraction of sp³-hybridized carbons (Fsp3) is 0.444. The van der Waals surface area contributed by atoms with E-state index >= 15 is 0 Å². The summed E-state index contributed by atoms with van der Waals surface area (Å²) in [6.07, 6.45) is 0. The molecule has 0 aromatic carbocycles. The van der Waals surface area contributed by atoms with Crippen LogP contribution in [0.1, 0.15) is 19.7 Å². The van der Waals surface area contributed by atoms with Gasteiger partial charge in [-0.3, -0.25) is 14.3 Å². The molecule has 0 aliphatic carbocycles. The van der Waals surface area contributed by atoms with E-state index in [1.54, 1.807) is 0 Å². The molecule has 7 heteroatoms. The van der Waals surface area contributed by atoms with Crippen LogP contribution in [0.5, 0.6) is 0 Å². The van der Waals surface area contributed by atoms with E-state index in [-0.39, 0.29) is 17.0 Å². The molecule has 3 N–H and O–H groups in total. The Morgan fingerprint density at radius 3 is 2.50 bits per heavy atom. The van der Waals surface area contributed by atoms with Crippen molar-refractivity contribution in [1.82, 2.24) is 19.5 Å². The van der Waals surface area contributed by atoms with Crippen molar-refractivity contribution in [2.24, 2.45) is 7.05 Å². The lowest BCUT2D eigenvalue weighted by molar-refractivity contribution is 0.0699. The van der Waals surface area contributed by atoms with Gasteiger partial charge in [0.1, 0.15) is 16.9 Å². The molecule has 0 radical (unpaired) electrons. The molecule has 2 aromatic rings. The van der Waals surface area contributed by atoms with E-state index in [9.17, 15) is 14.7 Å². The van der Waals surface area contributed by atoms with Gasteiger partial charge in [0.25, 0.3) is 5.56 Å². The number of aromatic amines is 2. The number of aryl methyl sites for hydroxylation is 1. The zero-order chi connectivity index (χ0) is 12.1. The third-order valence-corrected chi connectivity index (χ3v) is 2.33. The monoisotopic (exact) mass is 224 g/mol. The van der Waals surface area contributed by atoms with E-state index in [1.807, 2.05) is 0 Å². The predicted molar refractivity (Wildman–Crippen MR) is 57.2 cm³/mol. The first-order chi connectivity index (χ1) is 7.30. The number of nitrogens with zero attached hydrogens (tertiary/aromatic N) is 2. The van der Waals surface area contributed by atoms with Gasteiger partial charge in [0.15, 0.2) is 5.65 Å². The first-order valence-corrected chi connectivity index (χ1v) is 4.72. The van der Waals surface area contributed by atoms with Gasteiger partial charge in [-0.2, -0.15) is 0 Å². The Morgan fingerprint density at radius 2 is 1.94 bits per heavy atom. The number of imidazole rings is 1. The number of fused-ring (bicyclic) bond motifs is 1. The molecule has 0 aliphatic heterocycles. The highest BCUT2D eigenvalue weighted by molar-refractivity contribution is 5.69. The van der Waals surface area contributed by atoms with Crippen LogP contribution in [-0.4, -0.2) is 24.6 Å². The quantitative estimate of drug-likeness (QED) is 0.588. The average molecular weight is 224 g/mol. The lowest BCUT2D eigenvalue weighted by Crippen LogP contribution is -2.28. The molecule has 7 nitrogen and oxygen atoms in total. The van der Waals surface area contributed by atoms with Gasteiger partial charge in [-0.25, -0.2) is 9.78 Å². The zero-order valence-corrected chi connectivity index (χ0v) is 9.16. The summed E-state index contributed by atoms with van der Waals surface area (Å²) in [6.45, 7) is 3.08. The summed E-state index contributed by atoms with van der Waals surface area (Å²) in [5.41, 5.74) is -1.86. The first kappa shape index (κ1) is 10.6. The summed E-state index contributed by atoms with van der Waals surface area (Å²) in [7, 11) is 1.50. The fourth-order valence-electron chi connectivity index (χ4n) is 1.39. The molecule has 16 heavy (non-hydrogen) atoms. The van der Waals surface area contributed by atoms with Crippen LogP contribution in [0.4, 0.5) is 0 Å². The van der Waals surface area contributed by atoms with Crippen LogP contribution in [0.25, 0.3) is 11.2 Å². The molecule has 2 heterocycles. The molecule has 0 unspecified atom stereocenters. The van der Waals surface area contributed by atoms with Crippen LogP contribution in [-0.2, 0) is 12.6 Å². The normalized spacial score (nSPS) is 12.2. The van der Waals surface area contributed by atoms with E-state index in [0.717, 1.165) is 0 Å². The third-order valence-electron chi connectivity index (χ3n) is 2.33. The molecule has 2 rings (SSSR count). The van der Waals surface area contributed by atoms with E-state index in [1.165, 1.54) is 25.5 Å². The Labute approximate surface area is 89.8 Å². The highest BCUT2D eigenvalue weighted by Gasteiger charge is 2.22. The van der Waals surface area contributed by atoms with Crippen molar-refractivity contribution in [2.45, 2.75) is 19.4 Å². The maximum atomic E-state index is 11.5. The Hall–Kier alpha value is -1.89. The van der Waals surface area contributed by atoms with Crippen molar-refractivity contribution < 1.29 is 5.11 Å². The van der Waals surface area contributed by atoms with Gasteiger partial charge in [0.2, 0.25) is 0 Å². The largest absolute Gasteiger partial charge is 0.383 e. The zero-order valence-electron chi connectivity index (χ0n) is 9.16. The number of aromatic nitrogens is 4. The summed E-state index contributed by atoms with van der Waals surface area (Å²) in [5, 5.41) is 9.75. The summed E-state index contributed by atoms with van der Waals surface area (Å²) in [5.74, 6) is 0.245. The van der Waals surface area contributed by atoms with Crippen molar-refractivity contribution in [3.63, 3.8) is 0 Å². The molecule has 0 aliphatic rings. The molecular formula is C9H12N4O3. The van der Waals surface area contributed by atoms with Crippen molar-refractivity contribution in [1.29, 1.82) is 0 Å². The van der Waals surface area contributed by atoms with Gasteiger partial charge in [0.05, 0.1) is 0 Å². The summed E-state index contributed by atoms with van der Waals surface area (Å²) in [4.78, 5) is 31.7. The molecule has 0 spiro atoms. The minimum atomic E-state index is -1.19. The number of nitrogens with one attached hydrogen (secondary N) is 2. The minimum Gasteiger partial charge on any atom is -0.383 e. The third kappa shape index (κ3) is 1.45.